The molecule has 4 aromatic rings. The summed E-state index contributed by atoms with van der Waals surface area (Å²) in [6.07, 6.45) is 6.87. The molecule has 3 amide bonds. The maximum absolute atomic E-state index is 13.6. The second kappa shape index (κ2) is 12.3. The number of hydrogen-bond donors (Lipinski definition) is 3. The highest BCUT2D eigenvalue weighted by Gasteiger charge is 2.33. The molecule has 1 aliphatic carbocycles. The van der Waals surface area contributed by atoms with Gasteiger partial charge in [-0.05, 0) is 67.4 Å². The molecule has 0 unspecified atom stereocenters. The Labute approximate surface area is 280 Å². The van der Waals surface area contributed by atoms with Gasteiger partial charge in [-0.2, -0.15) is 0 Å². The highest BCUT2D eigenvalue weighted by molar-refractivity contribution is 7.90. The molecule has 2 aliphatic heterocycles. The van der Waals surface area contributed by atoms with E-state index in [-0.39, 0.29) is 61.9 Å². The van der Waals surface area contributed by atoms with Crippen molar-refractivity contribution in [2.24, 2.45) is 0 Å². The third-order valence-electron chi connectivity index (χ3n) is 8.46. The van der Waals surface area contributed by atoms with Gasteiger partial charge in [-0.1, -0.05) is 12.8 Å². The molecule has 3 aliphatic rings. The van der Waals surface area contributed by atoms with Gasteiger partial charge in [0.05, 0.1) is 29.6 Å². The van der Waals surface area contributed by atoms with E-state index in [1.165, 1.54) is 60.8 Å². The average Bonchev–Trinajstić information content (AvgIpc) is 3.85. The lowest BCUT2D eigenvalue weighted by Crippen LogP contribution is -2.28. The summed E-state index contributed by atoms with van der Waals surface area (Å²) in [5.74, 6) is -2.80. The van der Waals surface area contributed by atoms with Crippen molar-refractivity contribution in [1.82, 2.24) is 13.3 Å². The van der Waals surface area contributed by atoms with Crippen molar-refractivity contribution in [2.75, 3.05) is 23.8 Å². The molecule has 0 saturated heterocycles. The third-order valence-corrected chi connectivity index (χ3v) is 11.9. The molecule has 0 bridgehead atoms. The SMILES string of the molecule is O=C(NCCOC1CCCC1)c1ccc2c(c1)NC(=O)c1cc(COC(=O)c3ccc4c(c3)NC(=O)c3cccn3S4(=O)=O)cn1S2(=O)=O. The van der Waals surface area contributed by atoms with Crippen molar-refractivity contribution in [2.45, 2.75) is 48.2 Å². The number of anilines is 2. The number of hydrogen-bond acceptors (Lipinski definition) is 10. The Hall–Kier alpha value is -5.26. The van der Waals surface area contributed by atoms with Crippen LogP contribution in [0.4, 0.5) is 11.4 Å². The minimum atomic E-state index is -4.32. The average molecular weight is 708 g/mol. The smallest absolute Gasteiger partial charge is 0.338 e. The topological polar surface area (TPSA) is 201 Å². The van der Waals surface area contributed by atoms with E-state index in [1.807, 2.05) is 0 Å². The lowest BCUT2D eigenvalue weighted by Gasteiger charge is -2.12. The molecule has 0 spiro atoms. The zero-order valence-corrected chi connectivity index (χ0v) is 27.3. The van der Waals surface area contributed by atoms with E-state index in [1.54, 1.807) is 0 Å². The molecule has 0 atom stereocenters. The van der Waals surface area contributed by atoms with E-state index in [0.29, 0.717) is 6.61 Å². The summed E-state index contributed by atoms with van der Waals surface area (Å²) in [7, 11) is -8.44. The lowest BCUT2D eigenvalue weighted by molar-refractivity contribution is 0.0472. The summed E-state index contributed by atoms with van der Waals surface area (Å²) in [4.78, 5) is 51.0. The molecule has 1 saturated carbocycles. The number of rotatable bonds is 8. The number of fused-ring (bicyclic) bond motifs is 4. The minimum Gasteiger partial charge on any atom is -0.457 e. The molecule has 17 heteroatoms. The number of aromatic nitrogens is 2. The second-order valence-corrected chi connectivity index (χ2v) is 15.2. The fraction of sp³-hybridized carbons (Fsp3) is 0.250. The molecule has 0 radical (unpaired) electrons. The first-order valence-corrected chi connectivity index (χ1v) is 18.2. The van der Waals surface area contributed by atoms with Crippen molar-refractivity contribution in [3.8, 4) is 0 Å². The van der Waals surface area contributed by atoms with Gasteiger partial charge in [-0.25, -0.2) is 29.6 Å². The predicted octanol–water partition coefficient (Wildman–Crippen LogP) is 2.94. The number of ether oxygens (including phenoxy) is 2. The number of amides is 3. The van der Waals surface area contributed by atoms with E-state index < -0.39 is 50.3 Å². The molecule has 1 fully saturated rings. The van der Waals surface area contributed by atoms with Gasteiger partial charge in [0.2, 0.25) is 0 Å². The van der Waals surface area contributed by atoms with Crippen LogP contribution in [-0.4, -0.2) is 67.7 Å². The Morgan fingerprint density at radius 3 is 2.16 bits per heavy atom. The number of nitrogens with one attached hydrogen (secondary N) is 3. The Bertz CT molecular complexity index is 2270. The van der Waals surface area contributed by atoms with Gasteiger partial charge >= 0.3 is 5.97 Å². The van der Waals surface area contributed by atoms with Crippen molar-refractivity contribution in [3.63, 3.8) is 0 Å². The van der Waals surface area contributed by atoms with E-state index in [0.717, 1.165) is 39.8 Å². The molecule has 2 aromatic heterocycles. The summed E-state index contributed by atoms with van der Waals surface area (Å²) >= 11 is 0. The van der Waals surface area contributed by atoms with Crippen molar-refractivity contribution in [1.29, 1.82) is 0 Å². The molecule has 4 heterocycles. The first-order chi connectivity index (χ1) is 23.4. The molecule has 7 rings (SSSR count). The number of benzene rings is 2. The fourth-order valence-electron chi connectivity index (χ4n) is 6.03. The van der Waals surface area contributed by atoms with Crippen LogP contribution in [0.5, 0.6) is 0 Å². The van der Waals surface area contributed by atoms with Gasteiger partial charge in [0, 0.05) is 30.1 Å². The van der Waals surface area contributed by atoms with Crippen LogP contribution in [0.1, 0.15) is 72.9 Å². The van der Waals surface area contributed by atoms with Gasteiger partial charge in [-0.3, -0.25) is 14.4 Å². The standard InChI is InChI=1S/C32H29N5O10S2/c38-29(33-11-13-46-22-4-1-2-5-22)20-7-9-28-23(15-20)35-31(40)26-14-19(17-37(26)49(28,44)45)18-47-32(41)21-8-10-27-24(16-21)34-30(39)25-6-3-12-36(25)48(27,42)43/h3,6-10,12,14-17,22H,1-2,4-5,11,13,18H2,(H,33,38)(H,34,39)(H,35,40). The summed E-state index contributed by atoms with van der Waals surface area (Å²) in [6.45, 7) is 0.186. The number of carbonyl (C=O) groups is 4. The zero-order valence-electron chi connectivity index (χ0n) is 25.7. The summed E-state index contributed by atoms with van der Waals surface area (Å²) in [6, 6.07) is 11.5. The van der Waals surface area contributed by atoms with Gasteiger partial charge in [0.15, 0.2) is 0 Å². The largest absolute Gasteiger partial charge is 0.457 e. The van der Waals surface area contributed by atoms with Crippen LogP contribution in [0, 0.1) is 0 Å². The molecule has 15 nitrogen and oxygen atoms in total. The molecule has 49 heavy (non-hydrogen) atoms. The molecule has 3 N–H and O–H groups in total. The fourth-order valence-corrected chi connectivity index (χ4v) is 9.01. The quantitative estimate of drug-likeness (QED) is 0.181. The summed E-state index contributed by atoms with van der Waals surface area (Å²) in [5.41, 5.74) is -0.293. The van der Waals surface area contributed by atoms with E-state index in [2.05, 4.69) is 16.0 Å². The summed E-state index contributed by atoms with van der Waals surface area (Å²) < 4.78 is 66.1. The maximum Gasteiger partial charge on any atom is 0.338 e. The lowest BCUT2D eigenvalue weighted by atomic mass is 10.2. The van der Waals surface area contributed by atoms with Crippen LogP contribution in [0.25, 0.3) is 0 Å². The van der Waals surface area contributed by atoms with Gasteiger partial charge in [0.1, 0.15) is 27.8 Å². The Morgan fingerprint density at radius 1 is 0.816 bits per heavy atom. The molecule has 254 valence electrons. The van der Waals surface area contributed by atoms with Crippen molar-refractivity contribution < 1.29 is 45.5 Å². The Morgan fingerprint density at radius 2 is 1.45 bits per heavy atom. The molecular weight excluding hydrogens is 679 g/mol. The van der Waals surface area contributed by atoms with Crippen molar-refractivity contribution >= 4 is 55.1 Å². The maximum atomic E-state index is 13.6. The van der Waals surface area contributed by atoms with Gasteiger partial charge in [0.25, 0.3) is 37.8 Å². The minimum absolute atomic E-state index is 0.0680. The molecule has 2 aromatic carbocycles. The van der Waals surface area contributed by atoms with Gasteiger partial charge in [-0.15, -0.1) is 0 Å². The highest BCUT2D eigenvalue weighted by Crippen LogP contribution is 2.32. The predicted molar refractivity (Wildman–Crippen MR) is 172 cm³/mol. The van der Waals surface area contributed by atoms with Crippen LogP contribution < -0.4 is 16.0 Å². The number of carbonyl (C=O) groups excluding carboxylic acids is 4. The second-order valence-electron chi connectivity index (χ2n) is 11.7. The van der Waals surface area contributed by atoms with Crippen LogP contribution >= 0.6 is 0 Å². The Kier molecular flexibility index (Phi) is 8.12. The third kappa shape index (κ3) is 5.89. The number of esters is 1. The zero-order chi connectivity index (χ0) is 34.5. The Balaban J connectivity index is 1.04. The monoisotopic (exact) mass is 707 g/mol. The van der Waals surface area contributed by atoms with Crippen LogP contribution in [0.15, 0.2) is 76.8 Å². The van der Waals surface area contributed by atoms with E-state index in [4.69, 9.17) is 9.47 Å². The summed E-state index contributed by atoms with van der Waals surface area (Å²) in [5, 5.41) is 7.78. The van der Waals surface area contributed by atoms with Crippen molar-refractivity contribution in [3.05, 3.63) is 95.1 Å². The van der Waals surface area contributed by atoms with Crippen LogP contribution in [0.2, 0.25) is 0 Å². The number of nitrogens with zero attached hydrogens (tertiary/aromatic N) is 2. The van der Waals surface area contributed by atoms with Crippen LogP contribution in [0.3, 0.4) is 0 Å². The van der Waals surface area contributed by atoms with Gasteiger partial charge < -0.3 is 25.4 Å². The highest BCUT2D eigenvalue weighted by atomic mass is 32.2. The van der Waals surface area contributed by atoms with Crippen LogP contribution in [-0.2, 0) is 36.1 Å². The normalized spacial score (nSPS) is 17.3. The van der Waals surface area contributed by atoms with E-state index >= 15 is 0 Å². The molecular formula is C32H29N5O10S2. The first-order valence-electron chi connectivity index (χ1n) is 15.3. The first kappa shape index (κ1) is 32.3. The van der Waals surface area contributed by atoms with E-state index in [9.17, 15) is 36.0 Å².